The Labute approximate surface area is 107 Å². The van der Waals surface area contributed by atoms with Gasteiger partial charge < -0.3 is 16.2 Å². The first kappa shape index (κ1) is 14.7. The average Bonchev–Trinajstić information content (AvgIpc) is 2.26. The van der Waals surface area contributed by atoms with Gasteiger partial charge in [-0.25, -0.2) is 12.7 Å². The van der Waals surface area contributed by atoms with Gasteiger partial charge in [0.05, 0.1) is 22.4 Å². The lowest BCUT2D eigenvalue weighted by Crippen LogP contribution is -2.22. The van der Waals surface area contributed by atoms with Gasteiger partial charge >= 0.3 is 0 Å². The van der Waals surface area contributed by atoms with Gasteiger partial charge in [0.1, 0.15) is 0 Å². The van der Waals surface area contributed by atoms with Crippen molar-refractivity contribution in [2.45, 2.75) is 17.9 Å². The largest absolute Gasteiger partial charge is 0.397 e. The van der Waals surface area contributed by atoms with Crippen molar-refractivity contribution in [2.24, 2.45) is 0 Å². The maximum Gasteiger partial charge on any atom is 0.242 e. The number of nitrogens with one attached hydrogen (secondary N) is 1. The van der Waals surface area contributed by atoms with Crippen LogP contribution in [0.5, 0.6) is 0 Å². The zero-order chi connectivity index (χ0) is 13.9. The van der Waals surface area contributed by atoms with Gasteiger partial charge in [0.15, 0.2) is 0 Å². The Morgan fingerprint density at radius 3 is 2.50 bits per heavy atom. The molecule has 0 amide bonds. The van der Waals surface area contributed by atoms with Gasteiger partial charge in [-0.2, -0.15) is 0 Å². The zero-order valence-corrected chi connectivity index (χ0v) is 11.5. The molecule has 0 saturated carbocycles. The zero-order valence-electron chi connectivity index (χ0n) is 10.7. The first-order valence-electron chi connectivity index (χ1n) is 5.49. The summed E-state index contributed by atoms with van der Waals surface area (Å²) in [7, 11) is -0.544. The monoisotopic (exact) mass is 273 g/mol. The normalized spacial score (nSPS) is 13.6. The summed E-state index contributed by atoms with van der Waals surface area (Å²) in [5.74, 6) is 0. The molecule has 1 aromatic carbocycles. The van der Waals surface area contributed by atoms with Gasteiger partial charge in [-0.3, -0.25) is 0 Å². The second-order valence-corrected chi connectivity index (χ2v) is 6.42. The number of anilines is 2. The fraction of sp³-hybridized carbons (Fsp3) is 0.455. The molecule has 0 aliphatic rings. The van der Waals surface area contributed by atoms with Crippen LogP contribution in [0.15, 0.2) is 23.1 Å². The van der Waals surface area contributed by atoms with Gasteiger partial charge in [-0.15, -0.1) is 0 Å². The highest BCUT2D eigenvalue weighted by atomic mass is 32.2. The molecule has 0 aromatic heterocycles. The van der Waals surface area contributed by atoms with Gasteiger partial charge in [0.25, 0.3) is 0 Å². The van der Waals surface area contributed by atoms with Crippen molar-refractivity contribution in [2.75, 3.05) is 31.7 Å². The highest BCUT2D eigenvalue weighted by Crippen LogP contribution is 2.23. The first-order valence-corrected chi connectivity index (χ1v) is 6.93. The van der Waals surface area contributed by atoms with E-state index in [4.69, 9.17) is 10.8 Å². The second-order valence-electron chi connectivity index (χ2n) is 4.27. The summed E-state index contributed by atoms with van der Waals surface area (Å²) in [4.78, 5) is 0.146. The molecule has 1 atom stereocenters. The second kappa shape index (κ2) is 5.55. The van der Waals surface area contributed by atoms with Crippen LogP contribution in [-0.4, -0.2) is 44.6 Å². The molecule has 1 aromatic rings. The van der Waals surface area contributed by atoms with Crippen LogP contribution in [0.3, 0.4) is 0 Å². The van der Waals surface area contributed by atoms with Gasteiger partial charge in [0, 0.05) is 20.6 Å². The van der Waals surface area contributed by atoms with Crippen LogP contribution >= 0.6 is 0 Å². The predicted octanol–water partition coefficient (Wildman–Crippen LogP) is 0.312. The molecule has 0 saturated heterocycles. The van der Waals surface area contributed by atoms with Crippen molar-refractivity contribution in [3.05, 3.63) is 18.2 Å². The van der Waals surface area contributed by atoms with Crippen molar-refractivity contribution >= 4 is 21.4 Å². The molecule has 0 radical (unpaired) electrons. The van der Waals surface area contributed by atoms with Crippen LogP contribution in [0.1, 0.15) is 6.92 Å². The Hall–Kier alpha value is -1.31. The highest BCUT2D eigenvalue weighted by molar-refractivity contribution is 7.89. The van der Waals surface area contributed by atoms with E-state index >= 15 is 0 Å². The van der Waals surface area contributed by atoms with E-state index < -0.39 is 16.1 Å². The van der Waals surface area contributed by atoms with E-state index in [9.17, 15) is 8.42 Å². The number of hydrogen-bond donors (Lipinski definition) is 3. The van der Waals surface area contributed by atoms with E-state index in [2.05, 4.69) is 5.32 Å². The third-order valence-electron chi connectivity index (χ3n) is 2.39. The Kier molecular flexibility index (Phi) is 4.55. The minimum atomic E-state index is -3.47. The predicted molar refractivity (Wildman–Crippen MR) is 71.9 cm³/mol. The quantitative estimate of drug-likeness (QED) is 0.671. The van der Waals surface area contributed by atoms with Crippen molar-refractivity contribution in [1.82, 2.24) is 4.31 Å². The summed E-state index contributed by atoms with van der Waals surface area (Å²) >= 11 is 0. The molecule has 18 heavy (non-hydrogen) atoms. The maximum atomic E-state index is 11.9. The SMILES string of the molecule is CC(O)CNc1ccc(S(=O)(=O)N(C)C)cc1N. The Bertz CT molecular complexity index is 512. The number of benzene rings is 1. The molecule has 0 fully saturated rings. The number of aliphatic hydroxyl groups excluding tert-OH is 1. The van der Waals surface area contributed by atoms with E-state index in [-0.39, 0.29) is 4.90 Å². The van der Waals surface area contributed by atoms with E-state index in [1.807, 2.05) is 0 Å². The molecule has 0 aliphatic heterocycles. The van der Waals surface area contributed by atoms with Crippen molar-refractivity contribution in [3.63, 3.8) is 0 Å². The minimum absolute atomic E-state index is 0.146. The Balaban J connectivity index is 3.00. The van der Waals surface area contributed by atoms with Crippen molar-refractivity contribution in [1.29, 1.82) is 0 Å². The molecular weight excluding hydrogens is 254 g/mol. The summed E-state index contributed by atoms with van der Waals surface area (Å²) in [5, 5.41) is 12.1. The number of rotatable bonds is 5. The molecule has 1 unspecified atom stereocenters. The van der Waals surface area contributed by atoms with Crippen LogP contribution in [0.2, 0.25) is 0 Å². The van der Waals surface area contributed by atoms with Gasteiger partial charge in [-0.1, -0.05) is 0 Å². The topological polar surface area (TPSA) is 95.7 Å². The lowest BCUT2D eigenvalue weighted by molar-refractivity contribution is 0.208. The van der Waals surface area contributed by atoms with Gasteiger partial charge in [-0.05, 0) is 25.1 Å². The molecule has 0 heterocycles. The third-order valence-corrected chi connectivity index (χ3v) is 4.20. The van der Waals surface area contributed by atoms with E-state index in [1.54, 1.807) is 13.0 Å². The third kappa shape index (κ3) is 3.34. The number of nitrogens with two attached hydrogens (primary N) is 1. The fourth-order valence-corrected chi connectivity index (χ4v) is 2.27. The molecule has 0 spiro atoms. The van der Waals surface area contributed by atoms with Crippen molar-refractivity contribution in [3.8, 4) is 0 Å². The number of sulfonamides is 1. The number of nitrogen functional groups attached to an aromatic ring is 1. The molecule has 0 aliphatic carbocycles. The summed E-state index contributed by atoms with van der Waals surface area (Å²) < 4.78 is 24.9. The number of hydrogen-bond acceptors (Lipinski definition) is 5. The molecule has 102 valence electrons. The Morgan fingerprint density at radius 2 is 2.06 bits per heavy atom. The average molecular weight is 273 g/mol. The summed E-state index contributed by atoms with van der Waals surface area (Å²) in [6, 6.07) is 4.48. The van der Waals surface area contributed by atoms with Crippen molar-refractivity contribution < 1.29 is 13.5 Å². The minimum Gasteiger partial charge on any atom is -0.397 e. The molecule has 0 bridgehead atoms. The molecule has 1 rings (SSSR count). The summed E-state index contributed by atoms with van der Waals surface area (Å²) in [5.41, 5.74) is 6.71. The lowest BCUT2D eigenvalue weighted by atomic mass is 10.2. The molecule has 6 nitrogen and oxygen atoms in total. The summed E-state index contributed by atoms with van der Waals surface area (Å²) in [6.07, 6.45) is -0.505. The molecular formula is C11H19N3O3S. The number of nitrogens with zero attached hydrogens (tertiary/aromatic N) is 1. The standard InChI is InChI=1S/C11H19N3O3S/c1-8(15)7-13-11-5-4-9(6-10(11)12)18(16,17)14(2)3/h4-6,8,13,15H,7,12H2,1-3H3. The Morgan fingerprint density at radius 1 is 1.44 bits per heavy atom. The van der Waals surface area contributed by atoms with Gasteiger partial charge in [0.2, 0.25) is 10.0 Å². The van der Waals surface area contributed by atoms with Crippen LogP contribution in [0.4, 0.5) is 11.4 Å². The smallest absolute Gasteiger partial charge is 0.242 e. The van der Waals surface area contributed by atoms with Crippen LogP contribution in [0, 0.1) is 0 Å². The molecule has 4 N–H and O–H groups in total. The van der Waals surface area contributed by atoms with Crippen LogP contribution < -0.4 is 11.1 Å². The molecule has 7 heteroatoms. The van der Waals surface area contributed by atoms with E-state index in [0.717, 1.165) is 4.31 Å². The van der Waals surface area contributed by atoms with E-state index in [0.29, 0.717) is 17.9 Å². The summed E-state index contributed by atoms with van der Waals surface area (Å²) in [6.45, 7) is 2.00. The fourth-order valence-electron chi connectivity index (χ4n) is 1.33. The first-order chi connectivity index (χ1) is 8.25. The maximum absolute atomic E-state index is 11.9. The highest BCUT2D eigenvalue weighted by Gasteiger charge is 2.18. The number of aliphatic hydroxyl groups is 1. The van der Waals surface area contributed by atoms with Crippen LogP contribution in [-0.2, 0) is 10.0 Å². The lowest BCUT2D eigenvalue weighted by Gasteiger charge is -2.14. The van der Waals surface area contributed by atoms with Crippen LogP contribution in [0.25, 0.3) is 0 Å². The van der Waals surface area contributed by atoms with E-state index in [1.165, 1.54) is 26.2 Å².